The van der Waals surface area contributed by atoms with Gasteiger partial charge < -0.3 is 0 Å². The molecule has 0 fully saturated rings. The molecule has 0 radical (unpaired) electrons. The van der Waals surface area contributed by atoms with E-state index in [1.165, 1.54) is 6.92 Å². The molecule has 78 valence electrons. The minimum atomic E-state index is -1.32. The fourth-order valence-corrected chi connectivity index (χ4v) is 2.86. The minimum absolute atomic E-state index is 0.769. The lowest BCUT2D eigenvalue weighted by Crippen LogP contribution is -2.06. The van der Waals surface area contributed by atoms with Crippen molar-refractivity contribution in [3.05, 3.63) is 12.2 Å². The summed E-state index contributed by atoms with van der Waals surface area (Å²) in [7, 11) is 0. The molecule has 0 bridgehead atoms. The predicted octanol–water partition coefficient (Wildman–Crippen LogP) is 4.16. The largest absolute Gasteiger partial charge is 0.244 e. The Morgan fingerprint density at radius 1 is 1.38 bits per heavy atom. The third-order valence-electron chi connectivity index (χ3n) is 1.46. The van der Waals surface area contributed by atoms with Crippen molar-refractivity contribution in [3.8, 4) is 0 Å². The van der Waals surface area contributed by atoms with Crippen molar-refractivity contribution >= 4 is 24.2 Å². The van der Waals surface area contributed by atoms with Crippen LogP contribution in [0.3, 0.4) is 0 Å². The fraction of sp³-hybridized carbons (Fsp3) is 0.700. The first-order valence-corrected chi connectivity index (χ1v) is 6.88. The van der Waals surface area contributed by atoms with Crippen molar-refractivity contribution < 1.29 is 8.78 Å². The van der Waals surface area contributed by atoms with Gasteiger partial charge in [-0.15, -0.1) is 0 Å². The highest BCUT2D eigenvalue weighted by Crippen LogP contribution is 2.20. The molecule has 0 heterocycles. The molecule has 0 aromatic rings. The lowest BCUT2D eigenvalue weighted by molar-refractivity contribution is 0.267. The normalized spacial score (nSPS) is 18.4. The highest BCUT2D eigenvalue weighted by atomic mass is 127. The van der Waals surface area contributed by atoms with Gasteiger partial charge in [0.15, 0.2) is 4.18 Å². The molecule has 0 aliphatic rings. The summed E-state index contributed by atoms with van der Waals surface area (Å²) in [5.74, 6) is 0. The first kappa shape index (κ1) is 13.2. The van der Waals surface area contributed by atoms with Crippen molar-refractivity contribution in [2.75, 3.05) is 0 Å². The van der Waals surface area contributed by atoms with Gasteiger partial charge in [-0.1, -0.05) is 46.7 Å². The summed E-state index contributed by atoms with van der Waals surface area (Å²) in [4.78, 5) is 0. The topological polar surface area (TPSA) is 0 Å². The molecule has 0 aliphatic heterocycles. The van der Waals surface area contributed by atoms with Gasteiger partial charge in [0.2, 0.25) is 0 Å². The third-order valence-corrected chi connectivity index (χ3v) is 4.97. The Kier molecular flexibility index (Phi) is 7.71. The minimum Gasteiger partial charge on any atom is -0.244 e. The second kappa shape index (κ2) is 7.59. The number of halogens is 3. The van der Waals surface area contributed by atoms with Gasteiger partial charge in [0.25, 0.3) is 0 Å². The number of allylic oxidation sites excluding steroid dienone is 2. The van der Waals surface area contributed by atoms with Gasteiger partial charge in [0.1, 0.15) is 6.17 Å². The van der Waals surface area contributed by atoms with Gasteiger partial charge in [-0.3, -0.25) is 0 Å². The van der Waals surface area contributed by atoms with Crippen LogP contribution in [0.25, 0.3) is 0 Å². The second-order valence-corrected chi connectivity index (χ2v) is 5.93. The quantitative estimate of drug-likeness (QED) is 0.528. The van der Waals surface area contributed by atoms with Gasteiger partial charge in [-0.25, -0.2) is 8.78 Å². The summed E-state index contributed by atoms with van der Waals surface area (Å²) in [6, 6.07) is 0. The zero-order chi connectivity index (χ0) is 10.3. The summed E-state index contributed by atoms with van der Waals surface area (Å²) < 4.78 is 25.4. The third kappa shape index (κ3) is 6.29. The molecule has 0 rings (SSSR count). The predicted molar refractivity (Wildman–Crippen MR) is 64.2 cm³/mol. The van der Waals surface area contributed by atoms with Crippen LogP contribution in [0.4, 0.5) is 8.78 Å². The van der Waals surface area contributed by atoms with Crippen LogP contribution in [0.15, 0.2) is 12.2 Å². The lowest BCUT2D eigenvalue weighted by Gasteiger charge is -2.04. The lowest BCUT2D eigenvalue weighted by atomic mass is 10.3. The molecule has 0 aliphatic carbocycles. The molecule has 0 nitrogen and oxygen atoms in total. The SMILES string of the molecule is CC/C=C\C(CC)=I[C@@H](F)C(C)F. The van der Waals surface area contributed by atoms with E-state index in [9.17, 15) is 8.78 Å². The molecule has 0 aromatic carbocycles. The van der Waals surface area contributed by atoms with E-state index in [4.69, 9.17) is 0 Å². The first-order valence-electron chi connectivity index (χ1n) is 4.55. The molecule has 0 aromatic heterocycles. The Balaban J connectivity index is 4.28. The number of rotatable bonds is 5. The van der Waals surface area contributed by atoms with Crippen LogP contribution in [0, 0.1) is 0 Å². The molecular weight excluding hydrogens is 285 g/mol. The van der Waals surface area contributed by atoms with Crippen LogP contribution in [0.5, 0.6) is 0 Å². The summed E-state index contributed by atoms with van der Waals surface area (Å²) in [5.41, 5.74) is 0. The van der Waals surface area contributed by atoms with E-state index in [0.29, 0.717) is 0 Å². The van der Waals surface area contributed by atoms with Crippen LogP contribution < -0.4 is 0 Å². The Hall–Kier alpha value is 0.200. The highest BCUT2D eigenvalue weighted by molar-refractivity contribution is 14.2. The Bertz CT molecular complexity index is 185. The molecule has 0 saturated heterocycles. The molecule has 0 saturated carbocycles. The van der Waals surface area contributed by atoms with Gasteiger partial charge in [-0.2, -0.15) is 0 Å². The van der Waals surface area contributed by atoms with Gasteiger partial charge >= 0.3 is 0 Å². The fourth-order valence-electron chi connectivity index (χ4n) is 0.698. The van der Waals surface area contributed by atoms with Crippen molar-refractivity contribution in [1.82, 2.24) is 0 Å². The van der Waals surface area contributed by atoms with Crippen LogP contribution in [0.1, 0.15) is 33.6 Å². The van der Waals surface area contributed by atoms with Crippen LogP contribution in [-0.4, -0.2) is 13.9 Å². The summed E-state index contributed by atoms with van der Waals surface area (Å²) in [6.45, 7) is 5.32. The standard InChI is InChI=1S/C10H17F2I/c1-4-6-7-9(5-2)13-10(12)8(3)11/h6-8,10H,4-5H2,1-3H3/b7-6-/t8?,10-/m1/s1. The average molecular weight is 302 g/mol. The summed E-state index contributed by atoms with van der Waals surface area (Å²) in [5, 5.41) is 0. The second-order valence-electron chi connectivity index (χ2n) is 2.73. The maximum absolute atomic E-state index is 13.0. The van der Waals surface area contributed by atoms with E-state index in [0.717, 1.165) is 16.4 Å². The van der Waals surface area contributed by atoms with Gasteiger partial charge in [0, 0.05) is 0 Å². The van der Waals surface area contributed by atoms with Gasteiger partial charge in [-0.05, 0) is 23.3 Å². The van der Waals surface area contributed by atoms with Crippen molar-refractivity contribution in [3.63, 3.8) is 0 Å². The maximum Gasteiger partial charge on any atom is 0.177 e. The monoisotopic (exact) mass is 302 g/mol. The van der Waals surface area contributed by atoms with Crippen molar-refractivity contribution in [2.24, 2.45) is 0 Å². The zero-order valence-corrected chi connectivity index (χ0v) is 10.5. The van der Waals surface area contributed by atoms with Crippen molar-refractivity contribution in [1.29, 1.82) is 0 Å². The van der Waals surface area contributed by atoms with E-state index >= 15 is 0 Å². The maximum atomic E-state index is 13.0. The molecule has 0 N–H and O–H groups in total. The number of hydrogen-bond donors (Lipinski definition) is 0. The Morgan fingerprint density at radius 2 is 2.00 bits per heavy atom. The molecule has 3 heteroatoms. The number of hydrogen-bond acceptors (Lipinski definition) is 0. The van der Waals surface area contributed by atoms with E-state index in [1.54, 1.807) is 0 Å². The van der Waals surface area contributed by atoms with E-state index in [1.807, 2.05) is 26.0 Å². The summed E-state index contributed by atoms with van der Waals surface area (Å²) in [6.07, 6.45) is 4.45. The smallest absolute Gasteiger partial charge is 0.177 e. The van der Waals surface area contributed by atoms with Crippen LogP contribution >= 0.6 is 20.7 Å². The summed E-state index contributed by atoms with van der Waals surface area (Å²) >= 11 is -0.769. The van der Waals surface area contributed by atoms with E-state index < -0.39 is 31.1 Å². The van der Waals surface area contributed by atoms with Crippen LogP contribution in [0.2, 0.25) is 0 Å². The molecular formula is C10H17F2I. The average Bonchev–Trinajstić information content (AvgIpc) is 2.11. The van der Waals surface area contributed by atoms with Crippen molar-refractivity contribution in [2.45, 2.75) is 44.0 Å². The molecule has 0 spiro atoms. The highest BCUT2D eigenvalue weighted by Gasteiger charge is 2.12. The van der Waals surface area contributed by atoms with E-state index in [2.05, 4.69) is 0 Å². The zero-order valence-electron chi connectivity index (χ0n) is 8.36. The molecule has 0 amide bonds. The molecule has 1 unspecified atom stereocenters. The number of alkyl halides is 3. The Labute approximate surface area is 89.2 Å². The Morgan fingerprint density at radius 3 is 2.38 bits per heavy atom. The first-order chi connectivity index (χ1) is 6.11. The van der Waals surface area contributed by atoms with E-state index in [-0.39, 0.29) is 0 Å². The molecule has 13 heavy (non-hydrogen) atoms. The molecule has 2 atom stereocenters. The van der Waals surface area contributed by atoms with Crippen LogP contribution in [-0.2, 0) is 0 Å². The van der Waals surface area contributed by atoms with Gasteiger partial charge in [0.05, 0.1) is 0 Å².